The molecule has 3 aromatic rings. The molecule has 8 nitrogen and oxygen atoms in total. The number of halogens is 1. The third kappa shape index (κ3) is 2.30. The van der Waals surface area contributed by atoms with Crippen LogP contribution in [0.3, 0.4) is 0 Å². The lowest BCUT2D eigenvalue weighted by molar-refractivity contribution is 0.143. The van der Waals surface area contributed by atoms with Crippen LogP contribution in [0.15, 0.2) is 35.8 Å². The Morgan fingerprint density at radius 1 is 1.42 bits per heavy atom. The molecule has 0 atom stereocenters. The van der Waals surface area contributed by atoms with Crippen molar-refractivity contribution in [2.75, 3.05) is 0 Å². The molecule has 0 aliphatic heterocycles. The van der Waals surface area contributed by atoms with Gasteiger partial charge in [0, 0.05) is 18.4 Å². The summed E-state index contributed by atoms with van der Waals surface area (Å²) in [5, 5.41) is 8.74. The van der Waals surface area contributed by atoms with Crippen molar-refractivity contribution in [3.63, 3.8) is 0 Å². The first-order chi connectivity index (χ1) is 11.5. The quantitative estimate of drug-likeness (QED) is 0.738. The Morgan fingerprint density at radius 2 is 2.21 bits per heavy atom. The topological polar surface area (TPSA) is 99.2 Å². The molecule has 122 valence electrons. The lowest BCUT2D eigenvalue weighted by Gasteiger charge is -2.13. The zero-order valence-corrected chi connectivity index (χ0v) is 12.2. The highest BCUT2D eigenvalue weighted by molar-refractivity contribution is 5.79. The van der Waals surface area contributed by atoms with E-state index in [1.165, 1.54) is 23.3 Å². The molecule has 3 heterocycles. The highest BCUT2D eigenvalue weighted by atomic mass is 19.1. The van der Waals surface area contributed by atoms with Gasteiger partial charge in [0.15, 0.2) is 17.4 Å². The molecule has 0 aromatic carbocycles. The van der Waals surface area contributed by atoms with Gasteiger partial charge in [-0.2, -0.15) is 0 Å². The summed E-state index contributed by atoms with van der Waals surface area (Å²) in [5.74, 6) is -1.06. The van der Waals surface area contributed by atoms with Gasteiger partial charge in [0.25, 0.3) is 0 Å². The largest absolute Gasteiger partial charge is 0.511 e. The minimum Gasteiger partial charge on any atom is -0.449 e. The minimum atomic E-state index is -1.60. The predicted octanol–water partition coefficient (Wildman–Crippen LogP) is 2.11. The van der Waals surface area contributed by atoms with Crippen LogP contribution in [0, 0.1) is 5.82 Å². The van der Waals surface area contributed by atoms with Crippen molar-refractivity contribution in [2.45, 2.75) is 18.9 Å². The molecule has 1 aliphatic carbocycles. The van der Waals surface area contributed by atoms with Gasteiger partial charge >= 0.3 is 6.16 Å². The number of nitrogens with zero attached hydrogens (tertiary/aromatic N) is 4. The summed E-state index contributed by atoms with van der Waals surface area (Å²) < 4.78 is 22.0. The number of hydrogen-bond acceptors (Lipinski definition) is 5. The van der Waals surface area contributed by atoms with Gasteiger partial charge in [0.05, 0.1) is 11.6 Å². The van der Waals surface area contributed by atoms with Gasteiger partial charge in [-0.25, -0.2) is 19.2 Å². The third-order valence-corrected chi connectivity index (χ3v) is 3.79. The van der Waals surface area contributed by atoms with Crippen LogP contribution in [0.1, 0.15) is 18.9 Å². The molecule has 1 saturated carbocycles. The van der Waals surface area contributed by atoms with E-state index in [9.17, 15) is 14.0 Å². The first-order valence-electron chi connectivity index (χ1n) is 7.19. The fraction of sp³-hybridized carbons (Fsp3) is 0.200. The van der Waals surface area contributed by atoms with Gasteiger partial charge in [-0.05, 0) is 18.9 Å². The second-order valence-corrected chi connectivity index (χ2v) is 5.46. The average Bonchev–Trinajstić information content (AvgIpc) is 3.24. The molecule has 0 bridgehead atoms. The number of ether oxygens (including phenoxy) is 1. The van der Waals surface area contributed by atoms with Crippen LogP contribution in [-0.2, 0) is 0 Å². The number of hydrogen-bond donors (Lipinski definition) is 1. The number of imidazole rings is 1. The normalized spacial score (nSPS) is 14.0. The Morgan fingerprint density at radius 3 is 2.83 bits per heavy atom. The second-order valence-electron chi connectivity index (χ2n) is 5.46. The lowest BCUT2D eigenvalue weighted by atomic mass is 10.2. The Kier molecular flexibility index (Phi) is 3.08. The number of carboxylic acid groups (broad SMARTS) is 1. The molecule has 4 rings (SSSR count). The molecular weight excluding hydrogens is 319 g/mol. The summed E-state index contributed by atoms with van der Waals surface area (Å²) in [5.41, 5.74) is -0.432. The Bertz CT molecular complexity index is 1010. The molecular formula is C15H11FN4O4. The van der Waals surface area contributed by atoms with Crippen molar-refractivity contribution in [3.05, 3.63) is 47.0 Å². The van der Waals surface area contributed by atoms with Crippen LogP contribution in [0.5, 0.6) is 5.75 Å². The van der Waals surface area contributed by atoms with Crippen molar-refractivity contribution in [3.8, 4) is 11.6 Å². The summed E-state index contributed by atoms with van der Waals surface area (Å²) >= 11 is 0. The van der Waals surface area contributed by atoms with Crippen LogP contribution in [-0.4, -0.2) is 30.4 Å². The summed E-state index contributed by atoms with van der Waals surface area (Å²) in [6, 6.07) is 1.13. The van der Waals surface area contributed by atoms with E-state index in [2.05, 4.69) is 14.7 Å². The molecule has 1 aliphatic rings. The average molecular weight is 330 g/mol. The van der Waals surface area contributed by atoms with E-state index in [0.29, 0.717) is 0 Å². The van der Waals surface area contributed by atoms with Gasteiger partial charge in [-0.15, -0.1) is 0 Å². The molecule has 3 aromatic heterocycles. The van der Waals surface area contributed by atoms with Gasteiger partial charge in [0.1, 0.15) is 12.0 Å². The van der Waals surface area contributed by atoms with Crippen molar-refractivity contribution >= 4 is 17.2 Å². The van der Waals surface area contributed by atoms with E-state index in [1.807, 2.05) is 0 Å². The minimum absolute atomic E-state index is 0.0145. The zero-order valence-electron chi connectivity index (χ0n) is 12.2. The van der Waals surface area contributed by atoms with E-state index >= 15 is 0 Å². The number of fused-ring (bicyclic) bond motifs is 1. The monoisotopic (exact) mass is 330 g/mol. The van der Waals surface area contributed by atoms with Gasteiger partial charge in [0.2, 0.25) is 5.43 Å². The fourth-order valence-electron chi connectivity index (χ4n) is 2.58. The maximum Gasteiger partial charge on any atom is 0.511 e. The van der Waals surface area contributed by atoms with Crippen molar-refractivity contribution in [1.82, 2.24) is 19.1 Å². The Labute approximate surface area is 133 Å². The summed E-state index contributed by atoms with van der Waals surface area (Å²) in [7, 11) is 0. The van der Waals surface area contributed by atoms with Crippen LogP contribution in [0.2, 0.25) is 0 Å². The molecule has 1 N–H and O–H groups in total. The standard InChI is InChI=1S/C15H11FN4O4/c16-10-5-9-12(21)11(24-15(22)23)6-20(8-1-2-8)13(9)18-14(10)19-4-3-17-7-19/h3-8H,1-2H2,(H,22,23). The Balaban J connectivity index is 2.01. The van der Waals surface area contributed by atoms with Crippen LogP contribution >= 0.6 is 0 Å². The molecule has 0 spiro atoms. The van der Waals surface area contributed by atoms with Gasteiger partial charge < -0.3 is 14.4 Å². The molecule has 0 unspecified atom stereocenters. The fourth-order valence-corrected chi connectivity index (χ4v) is 2.58. The molecule has 0 saturated heterocycles. The van der Waals surface area contributed by atoms with Crippen molar-refractivity contribution in [2.24, 2.45) is 0 Å². The third-order valence-electron chi connectivity index (χ3n) is 3.79. The predicted molar refractivity (Wildman–Crippen MR) is 80.0 cm³/mol. The molecule has 9 heteroatoms. The molecule has 1 fully saturated rings. The number of rotatable bonds is 3. The first-order valence-corrected chi connectivity index (χ1v) is 7.19. The van der Waals surface area contributed by atoms with E-state index in [-0.39, 0.29) is 28.6 Å². The molecule has 0 amide bonds. The first kappa shape index (κ1) is 14.4. The zero-order chi connectivity index (χ0) is 16.8. The smallest absolute Gasteiger partial charge is 0.449 e. The highest BCUT2D eigenvalue weighted by Gasteiger charge is 2.28. The maximum atomic E-state index is 14.4. The summed E-state index contributed by atoms with van der Waals surface area (Å²) in [4.78, 5) is 31.3. The maximum absolute atomic E-state index is 14.4. The molecule has 24 heavy (non-hydrogen) atoms. The van der Waals surface area contributed by atoms with E-state index < -0.39 is 17.4 Å². The van der Waals surface area contributed by atoms with E-state index in [0.717, 1.165) is 18.9 Å². The van der Waals surface area contributed by atoms with Crippen LogP contribution in [0.25, 0.3) is 16.9 Å². The number of carbonyl (C=O) groups is 1. The number of pyridine rings is 2. The van der Waals surface area contributed by atoms with Crippen LogP contribution < -0.4 is 10.2 Å². The van der Waals surface area contributed by atoms with Crippen molar-refractivity contribution in [1.29, 1.82) is 0 Å². The summed E-state index contributed by atoms with van der Waals surface area (Å²) in [6.07, 6.45) is 5.88. The van der Waals surface area contributed by atoms with E-state index in [1.54, 1.807) is 10.8 Å². The Hall–Kier alpha value is -3.23. The summed E-state index contributed by atoms with van der Waals surface area (Å²) in [6.45, 7) is 0. The lowest BCUT2D eigenvalue weighted by Crippen LogP contribution is -2.17. The SMILES string of the molecule is O=C(O)Oc1cn(C2CC2)c2nc(-n3ccnc3)c(F)cc2c1=O. The van der Waals surface area contributed by atoms with Crippen molar-refractivity contribution < 1.29 is 19.0 Å². The van der Waals surface area contributed by atoms with E-state index in [4.69, 9.17) is 5.11 Å². The van der Waals surface area contributed by atoms with Gasteiger partial charge in [-0.3, -0.25) is 9.36 Å². The second kappa shape index (κ2) is 5.15. The highest BCUT2D eigenvalue weighted by Crippen LogP contribution is 2.37. The molecule has 0 radical (unpaired) electrons. The number of aromatic nitrogens is 4. The van der Waals surface area contributed by atoms with Crippen LogP contribution in [0.4, 0.5) is 9.18 Å². The van der Waals surface area contributed by atoms with Gasteiger partial charge in [-0.1, -0.05) is 0 Å².